The molecule has 1 unspecified atom stereocenters. The first-order valence-electron chi connectivity index (χ1n) is 6.90. The van der Waals surface area contributed by atoms with Crippen LogP contribution in [0.2, 0.25) is 0 Å². The Bertz CT molecular complexity index is 676. The molecule has 0 saturated heterocycles. The summed E-state index contributed by atoms with van der Waals surface area (Å²) in [7, 11) is -4.33. The molecule has 1 heterocycles. The number of ether oxygens (including phenoxy) is 2. The van der Waals surface area contributed by atoms with Gasteiger partial charge in [0.05, 0.1) is 18.6 Å². The molecule has 136 valence electrons. The van der Waals surface area contributed by atoms with Gasteiger partial charge in [-0.1, -0.05) is 0 Å². The number of aromatic nitrogens is 3. The van der Waals surface area contributed by atoms with E-state index in [4.69, 9.17) is 10.5 Å². The van der Waals surface area contributed by atoms with Gasteiger partial charge in [-0.05, 0) is 20.8 Å². The Labute approximate surface area is 166 Å². The second-order valence-corrected chi connectivity index (χ2v) is 7.51. The molecule has 0 radical (unpaired) electrons. The van der Waals surface area contributed by atoms with Gasteiger partial charge in [-0.25, -0.2) is 9.78 Å². The van der Waals surface area contributed by atoms with E-state index in [-0.39, 0.29) is 48.7 Å². The van der Waals surface area contributed by atoms with Crippen molar-refractivity contribution in [3.63, 3.8) is 0 Å². The van der Waals surface area contributed by atoms with Crippen LogP contribution in [-0.4, -0.2) is 40.3 Å². The molecule has 0 fully saturated rings. The number of nitrogen functional groups attached to an aromatic ring is 1. The molecule has 1 rings (SSSR count). The topological polar surface area (TPSA) is 159 Å². The third kappa shape index (κ3) is 9.45. The predicted molar refractivity (Wildman–Crippen MR) is 80.6 cm³/mol. The van der Waals surface area contributed by atoms with E-state index >= 15 is 0 Å². The number of carbonyl (C=O) groups is 1. The zero-order valence-electron chi connectivity index (χ0n) is 14.6. The minimum atomic E-state index is -4.33. The first-order valence-corrected chi connectivity index (χ1v) is 8.62. The van der Waals surface area contributed by atoms with E-state index in [1.54, 1.807) is 20.8 Å². The molecule has 2 N–H and O–H groups in total. The normalized spacial score (nSPS) is 13.6. The van der Waals surface area contributed by atoms with Crippen LogP contribution >= 0.6 is 7.60 Å². The molecule has 1 aromatic heterocycles. The van der Waals surface area contributed by atoms with Crippen LogP contribution in [0.25, 0.3) is 0 Å². The summed E-state index contributed by atoms with van der Waals surface area (Å²) in [6.45, 7) is 4.10. The Hall–Kier alpha value is -0.810. The number of nitrogens with zero attached hydrogens (tertiary/aromatic N) is 3. The number of rotatable bonds is 8. The van der Waals surface area contributed by atoms with E-state index in [9.17, 15) is 19.0 Å². The maximum Gasteiger partial charge on any atom is 1.00 e. The van der Waals surface area contributed by atoms with Gasteiger partial charge in [0.25, 0.3) is 0 Å². The van der Waals surface area contributed by atoms with Crippen molar-refractivity contribution in [2.24, 2.45) is 5.41 Å². The molecule has 0 bridgehead atoms. The first kappa shape index (κ1) is 24.2. The molecule has 1 aromatic rings. The zero-order chi connectivity index (χ0) is 18.4. The van der Waals surface area contributed by atoms with Gasteiger partial charge in [-0.15, -0.1) is 0 Å². The molecule has 1 atom stereocenters. The maximum atomic E-state index is 11.6. The molecular formula is C12H20N4NaO7P. The first-order chi connectivity index (χ1) is 11.0. The van der Waals surface area contributed by atoms with Crippen LogP contribution in [0.1, 0.15) is 20.8 Å². The molecular weight excluding hydrogens is 366 g/mol. The molecule has 13 heteroatoms. The Morgan fingerprint density at radius 2 is 2.08 bits per heavy atom. The van der Waals surface area contributed by atoms with E-state index in [1.807, 2.05) is 0 Å². The van der Waals surface area contributed by atoms with Gasteiger partial charge in [0, 0.05) is 0 Å². The van der Waals surface area contributed by atoms with Crippen molar-refractivity contribution in [3.05, 3.63) is 16.8 Å². The Morgan fingerprint density at radius 3 is 2.64 bits per heavy atom. The van der Waals surface area contributed by atoms with Crippen LogP contribution in [0, 0.1) is 5.41 Å². The van der Waals surface area contributed by atoms with Gasteiger partial charge >= 0.3 is 41.2 Å². The van der Waals surface area contributed by atoms with Crippen molar-refractivity contribution in [1.29, 1.82) is 0 Å². The van der Waals surface area contributed by atoms with Crippen LogP contribution < -0.4 is 45.9 Å². The summed E-state index contributed by atoms with van der Waals surface area (Å²) in [5, 5.41) is 0. The minimum absolute atomic E-state index is 0. The molecule has 0 aliphatic carbocycles. The van der Waals surface area contributed by atoms with Crippen LogP contribution in [0.15, 0.2) is 11.1 Å². The number of esters is 1. The summed E-state index contributed by atoms with van der Waals surface area (Å²) in [6, 6.07) is 0. The Morgan fingerprint density at radius 1 is 1.44 bits per heavy atom. The molecule has 0 amide bonds. The third-order valence-corrected chi connectivity index (χ3v) is 3.56. The van der Waals surface area contributed by atoms with Gasteiger partial charge in [-0.2, -0.15) is 4.98 Å². The smallest absolute Gasteiger partial charge is 0.777 e. The fourth-order valence-electron chi connectivity index (χ4n) is 1.28. The van der Waals surface area contributed by atoms with Gasteiger partial charge in [0.2, 0.25) is 5.95 Å². The summed E-state index contributed by atoms with van der Waals surface area (Å²) >= 11 is 0. The average Bonchev–Trinajstić information content (AvgIpc) is 2.44. The summed E-state index contributed by atoms with van der Waals surface area (Å²) in [5.74, 6) is -0.745. The summed E-state index contributed by atoms with van der Waals surface area (Å²) in [6.07, 6.45) is 0.442. The number of carbonyl (C=O) groups excluding carboxylic acids is 1. The monoisotopic (exact) mass is 386 g/mol. The van der Waals surface area contributed by atoms with E-state index in [1.165, 1.54) is 6.33 Å². The zero-order valence-corrected chi connectivity index (χ0v) is 17.5. The quantitative estimate of drug-likeness (QED) is 0.155. The largest absolute Gasteiger partial charge is 1.00 e. The van der Waals surface area contributed by atoms with Crippen molar-refractivity contribution in [1.82, 2.24) is 14.5 Å². The molecule has 0 aliphatic heterocycles. The van der Waals surface area contributed by atoms with E-state index in [2.05, 4.69) is 19.2 Å². The van der Waals surface area contributed by atoms with Crippen LogP contribution in [0.4, 0.5) is 5.95 Å². The summed E-state index contributed by atoms with van der Waals surface area (Å²) in [5.41, 5.74) is 3.85. The van der Waals surface area contributed by atoms with Gasteiger partial charge < -0.3 is 24.7 Å². The number of hydrogen-bond acceptors (Lipinski definition) is 10. The van der Waals surface area contributed by atoms with Crippen molar-refractivity contribution in [2.45, 2.75) is 27.3 Å². The van der Waals surface area contributed by atoms with Gasteiger partial charge in [0.15, 0.2) is 14.4 Å². The number of anilines is 1. The predicted octanol–water partition coefficient (Wildman–Crippen LogP) is -3.68. The summed E-state index contributed by atoms with van der Waals surface area (Å²) in [4.78, 5) is 41.4. The van der Waals surface area contributed by atoms with Gasteiger partial charge in [0.1, 0.15) is 12.7 Å². The Kier molecular flexibility index (Phi) is 10.0. The van der Waals surface area contributed by atoms with E-state index < -0.39 is 37.8 Å². The Balaban J connectivity index is 0.00000576. The second kappa shape index (κ2) is 10.4. The minimum Gasteiger partial charge on any atom is -0.777 e. The van der Waals surface area contributed by atoms with E-state index in [0.717, 1.165) is 4.57 Å². The molecule has 0 aliphatic rings. The fourth-order valence-corrected chi connectivity index (χ4v) is 1.92. The maximum absolute atomic E-state index is 11.6. The van der Waals surface area contributed by atoms with E-state index in [0.29, 0.717) is 0 Å². The van der Waals surface area contributed by atoms with Crippen LogP contribution in [0.5, 0.6) is 0 Å². The van der Waals surface area contributed by atoms with Crippen molar-refractivity contribution < 1.29 is 57.8 Å². The van der Waals surface area contributed by atoms with Crippen LogP contribution in [0.3, 0.4) is 0 Å². The van der Waals surface area contributed by atoms with Crippen LogP contribution in [-0.2, 0) is 29.9 Å². The number of nitrogens with two attached hydrogens (primary N) is 1. The number of hydrogen-bond donors (Lipinski definition) is 1. The SMILES string of the molecule is CC(C)(C)C(=O)OCOP(=O)([O-])COCCn1cnc(N)nc1=O.[Na+]. The van der Waals surface area contributed by atoms with Crippen molar-refractivity contribution >= 4 is 19.5 Å². The molecule has 25 heavy (non-hydrogen) atoms. The standard InChI is InChI=1S/C12H21N4O7P.Na/c1-12(2,3)9(17)22-7-23-24(19,20)8-21-5-4-16-6-14-10(13)15-11(16)18;/h6H,4-5,7-8H2,1-3H3,(H,19,20)(H2,13,15,18);/q;+1/p-1. The fraction of sp³-hybridized carbons (Fsp3) is 0.667. The van der Waals surface area contributed by atoms with Crippen molar-refractivity contribution in [3.8, 4) is 0 Å². The summed E-state index contributed by atoms with van der Waals surface area (Å²) < 4.78 is 26.8. The third-order valence-electron chi connectivity index (χ3n) is 2.56. The molecule has 0 aromatic carbocycles. The molecule has 0 saturated carbocycles. The average molecular weight is 386 g/mol. The second-order valence-electron chi connectivity index (χ2n) is 5.77. The molecule has 11 nitrogen and oxygen atoms in total. The van der Waals surface area contributed by atoms with Gasteiger partial charge in [-0.3, -0.25) is 13.9 Å². The molecule has 0 spiro atoms. The van der Waals surface area contributed by atoms with Crippen molar-refractivity contribution in [2.75, 3.05) is 25.5 Å².